The van der Waals surface area contributed by atoms with Crippen molar-refractivity contribution in [2.45, 2.75) is 71.8 Å². The van der Waals surface area contributed by atoms with Gasteiger partial charge in [-0.15, -0.1) is 0 Å². The van der Waals surface area contributed by atoms with Crippen LogP contribution in [-0.2, 0) is 14.3 Å². The number of carboxylic acids is 1. The molecule has 0 radical (unpaired) electrons. The molecule has 9 nitrogen and oxygen atoms in total. The number of ether oxygens (including phenoxy) is 2. The van der Waals surface area contributed by atoms with E-state index in [1.165, 1.54) is 4.90 Å². The van der Waals surface area contributed by atoms with Crippen LogP contribution in [0, 0.1) is 5.41 Å². The number of carbonyl (C=O) groups is 3. The van der Waals surface area contributed by atoms with Gasteiger partial charge in [0.15, 0.2) is 0 Å². The molecular formula is C33H39N3O6. The van der Waals surface area contributed by atoms with Gasteiger partial charge in [-0.05, 0) is 26.2 Å². The molecule has 2 amide bonds. The second-order valence-corrected chi connectivity index (χ2v) is 12.6. The van der Waals surface area contributed by atoms with Gasteiger partial charge in [0.2, 0.25) is 5.91 Å². The second kappa shape index (κ2) is 12.2. The molecule has 2 heterocycles. The van der Waals surface area contributed by atoms with Gasteiger partial charge in [-0.1, -0.05) is 81.4 Å². The number of hydrogen-bond acceptors (Lipinski definition) is 6. The van der Waals surface area contributed by atoms with Gasteiger partial charge in [-0.2, -0.15) is 0 Å². The van der Waals surface area contributed by atoms with Crippen molar-refractivity contribution < 1.29 is 29.0 Å². The van der Waals surface area contributed by atoms with E-state index in [1.807, 2.05) is 72.8 Å². The number of alkyl carbamates (subject to hydrolysis) is 1. The number of nitrogens with one attached hydrogen (secondary N) is 1. The molecule has 0 aliphatic carbocycles. The molecule has 1 aromatic heterocycles. The highest BCUT2D eigenvalue weighted by Gasteiger charge is 2.46. The average molecular weight is 574 g/mol. The summed E-state index contributed by atoms with van der Waals surface area (Å²) < 4.78 is 11.7. The quantitative estimate of drug-likeness (QED) is 0.367. The van der Waals surface area contributed by atoms with Crippen LogP contribution in [0.4, 0.5) is 4.79 Å². The lowest BCUT2D eigenvalue weighted by Crippen LogP contribution is -2.57. The summed E-state index contributed by atoms with van der Waals surface area (Å²) in [6.45, 7) is 10.7. The third-order valence-corrected chi connectivity index (χ3v) is 6.85. The van der Waals surface area contributed by atoms with Gasteiger partial charge in [0.25, 0.3) is 0 Å². The van der Waals surface area contributed by atoms with Crippen molar-refractivity contribution in [2.24, 2.45) is 5.41 Å². The smallest absolute Gasteiger partial charge is 0.408 e. The van der Waals surface area contributed by atoms with E-state index in [9.17, 15) is 19.5 Å². The lowest BCUT2D eigenvalue weighted by Gasteiger charge is -2.35. The number of rotatable bonds is 7. The lowest BCUT2D eigenvalue weighted by atomic mass is 9.85. The first-order valence-electron chi connectivity index (χ1n) is 14.0. The first-order valence-corrected chi connectivity index (χ1v) is 14.0. The maximum Gasteiger partial charge on any atom is 0.408 e. The van der Waals surface area contributed by atoms with Crippen LogP contribution in [0.1, 0.15) is 48.0 Å². The SMILES string of the molecule is CC(C)(C)OC(=O)NC(C(=O)N1CC(Oc2cc(-c3ccccc3)nc(-c3ccccc3)c2)CC1C(=O)O)C(C)(C)C. The first kappa shape index (κ1) is 30.6. The fourth-order valence-electron chi connectivity index (χ4n) is 4.88. The zero-order chi connectivity index (χ0) is 30.7. The summed E-state index contributed by atoms with van der Waals surface area (Å²) >= 11 is 0. The Morgan fingerprint density at radius 3 is 1.88 bits per heavy atom. The van der Waals surface area contributed by atoms with Crippen molar-refractivity contribution in [3.63, 3.8) is 0 Å². The molecule has 4 rings (SSSR count). The van der Waals surface area contributed by atoms with Crippen molar-refractivity contribution in [2.75, 3.05) is 6.54 Å². The lowest BCUT2D eigenvalue weighted by molar-refractivity contribution is -0.150. The van der Waals surface area contributed by atoms with Gasteiger partial charge in [0.1, 0.15) is 29.5 Å². The molecule has 3 atom stereocenters. The number of aromatic nitrogens is 1. The topological polar surface area (TPSA) is 118 Å². The van der Waals surface area contributed by atoms with Crippen LogP contribution in [0.15, 0.2) is 72.8 Å². The molecule has 1 fully saturated rings. The Morgan fingerprint density at radius 1 is 0.905 bits per heavy atom. The zero-order valence-corrected chi connectivity index (χ0v) is 25.0. The Labute approximate surface area is 246 Å². The molecule has 42 heavy (non-hydrogen) atoms. The zero-order valence-electron chi connectivity index (χ0n) is 25.0. The summed E-state index contributed by atoms with van der Waals surface area (Å²) in [5, 5.41) is 12.7. The van der Waals surface area contributed by atoms with Crippen molar-refractivity contribution in [1.82, 2.24) is 15.2 Å². The number of carbonyl (C=O) groups excluding carboxylic acids is 2. The van der Waals surface area contributed by atoms with Crippen LogP contribution in [0.25, 0.3) is 22.5 Å². The molecule has 2 N–H and O–H groups in total. The van der Waals surface area contributed by atoms with Gasteiger partial charge in [-0.3, -0.25) is 4.79 Å². The molecule has 0 bridgehead atoms. The highest BCUT2D eigenvalue weighted by molar-refractivity contribution is 5.90. The number of aliphatic carboxylic acids is 1. The monoisotopic (exact) mass is 573 g/mol. The van der Waals surface area contributed by atoms with Crippen LogP contribution in [-0.4, -0.2) is 63.3 Å². The fraction of sp³-hybridized carbons (Fsp3) is 0.394. The predicted molar refractivity (Wildman–Crippen MR) is 160 cm³/mol. The van der Waals surface area contributed by atoms with E-state index in [1.54, 1.807) is 41.5 Å². The normalized spacial score (nSPS) is 17.8. The number of pyridine rings is 1. The Bertz CT molecular complexity index is 1360. The van der Waals surface area contributed by atoms with E-state index in [0.717, 1.165) is 11.1 Å². The minimum Gasteiger partial charge on any atom is -0.488 e. The van der Waals surface area contributed by atoms with Crippen LogP contribution in [0.5, 0.6) is 5.75 Å². The Hall–Kier alpha value is -4.40. The fourth-order valence-corrected chi connectivity index (χ4v) is 4.88. The summed E-state index contributed by atoms with van der Waals surface area (Å²) in [7, 11) is 0. The van der Waals surface area contributed by atoms with E-state index in [4.69, 9.17) is 14.5 Å². The van der Waals surface area contributed by atoms with E-state index in [2.05, 4.69) is 5.32 Å². The molecule has 0 spiro atoms. The maximum absolute atomic E-state index is 13.8. The molecule has 3 aromatic rings. The molecule has 9 heteroatoms. The van der Waals surface area contributed by atoms with Gasteiger partial charge in [-0.25, -0.2) is 14.6 Å². The molecule has 1 aliphatic rings. The third kappa shape index (κ3) is 7.66. The van der Waals surface area contributed by atoms with Gasteiger partial charge < -0.3 is 24.8 Å². The first-order chi connectivity index (χ1) is 19.7. The number of likely N-dealkylation sites (tertiary alicyclic amines) is 1. The number of nitrogens with zero attached hydrogens (tertiary/aromatic N) is 2. The van der Waals surface area contributed by atoms with Crippen molar-refractivity contribution in [1.29, 1.82) is 0 Å². The molecule has 2 aromatic carbocycles. The number of amides is 2. The highest BCUT2D eigenvalue weighted by Crippen LogP contribution is 2.32. The third-order valence-electron chi connectivity index (χ3n) is 6.85. The van der Waals surface area contributed by atoms with Crippen LogP contribution >= 0.6 is 0 Å². The van der Waals surface area contributed by atoms with Crippen LogP contribution in [0.2, 0.25) is 0 Å². The minimum absolute atomic E-state index is 0.0437. The predicted octanol–water partition coefficient (Wildman–Crippen LogP) is 5.79. The van der Waals surface area contributed by atoms with Crippen molar-refractivity contribution in [3.05, 3.63) is 72.8 Å². The summed E-state index contributed by atoms with van der Waals surface area (Å²) in [6, 6.07) is 21.0. The largest absolute Gasteiger partial charge is 0.488 e. The van der Waals surface area contributed by atoms with Crippen LogP contribution in [0.3, 0.4) is 0 Å². The van der Waals surface area contributed by atoms with E-state index >= 15 is 0 Å². The molecule has 3 unspecified atom stereocenters. The number of hydrogen-bond donors (Lipinski definition) is 2. The summed E-state index contributed by atoms with van der Waals surface area (Å²) in [5.41, 5.74) is 1.77. The average Bonchev–Trinajstić information content (AvgIpc) is 3.35. The standard InChI is InChI=1S/C33H39N3O6/c1-32(2,3)28(35-31(40)42-33(4,5)6)29(37)36-20-24(19-27(36)30(38)39)41-23-17-25(21-13-9-7-10-14-21)34-26(18-23)22-15-11-8-12-16-22/h7-18,24,27-28H,19-20H2,1-6H3,(H,35,40)(H,38,39). The number of benzene rings is 2. The van der Waals surface area contributed by atoms with Gasteiger partial charge in [0, 0.05) is 29.7 Å². The number of carboxylic acid groups (broad SMARTS) is 1. The van der Waals surface area contributed by atoms with E-state index in [-0.39, 0.29) is 13.0 Å². The highest BCUT2D eigenvalue weighted by atomic mass is 16.6. The molecule has 222 valence electrons. The summed E-state index contributed by atoms with van der Waals surface area (Å²) in [6.07, 6.45) is -1.24. The molecular weight excluding hydrogens is 534 g/mol. The Morgan fingerprint density at radius 2 is 1.43 bits per heavy atom. The molecule has 1 aliphatic heterocycles. The maximum atomic E-state index is 13.8. The van der Waals surface area contributed by atoms with Crippen molar-refractivity contribution >= 4 is 18.0 Å². The minimum atomic E-state index is -1.14. The van der Waals surface area contributed by atoms with E-state index < -0.39 is 47.2 Å². The summed E-state index contributed by atoms with van der Waals surface area (Å²) in [5.74, 6) is -1.12. The van der Waals surface area contributed by atoms with Crippen LogP contribution < -0.4 is 10.1 Å². The van der Waals surface area contributed by atoms with Gasteiger partial charge >= 0.3 is 12.1 Å². The van der Waals surface area contributed by atoms with Gasteiger partial charge in [0.05, 0.1) is 17.9 Å². The van der Waals surface area contributed by atoms with E-state index in [0.29, 0.717) is 17.1 Å². The molecule has 0 saturated carbocycles. The molecule has 1 saturated heterocycles. The Balaban J connectivity index is 1.61. The second-order valence-electron chi connectivity index (χ2n) is 12.6. The van der Waals surface area contributed by atoms with Crippen molar-refractivity contribution in [3.8, 4) is 28.3 Å². The Kier molecular flexibility index (Phi) is 8.89. The summed E-state index contributed by atoms with van der Waals surface area (Å²) in [4.78, 5) is 44.9.